The summed E-state index contributed by atoms with van der Waals surface area (Å²) in [4.78, 5) is 0. The van der Waals surface area contributed by atoms with Crippen LogP contribution in [0.1, 0.15) is 16.7 Å². The number of halogens is 6. The van der Waals surface area contributed by atoms with Crippen molar-refractivity contribution in [2.45, 2.75) is 5.60 Å². The molecule has 0 unspecified atom stereocenters. The molecule has 0 aliphatic carbocycles. The van der Waals surface area contributed by atoms with Crippen LogP contribution in [0.4, 0.5) is 8.78 Å². The largest absolute Gasteiger partial charge is 2.00 e. The maximum atomic E-state index is 13.7. The van der Waals surface area contributed by atoms with Crippen LogP contribution in [0.15, 0.2) is 78.9 Å². The summed E-state index contributed by atoms with van der Waals surface area (Å²) in [5, 5.41) is 13.7. The average Bonchev–Trinajstić information content (AvgIpc) is 2.62. The van der Waals surface area contributed by atoms with Crippen LogP contribution < -0.4 is 17.5 Å². The molecule has 3 aromatic rings. The average molecular weight is 488 g/mol. The standard InChI is InChI=1S/C19H13F2O.Al.4ClH.Mg/c20-17-10-6-15(7-11-17)19(22,14-4-2-1-3-5-14)16-8-12-18(21)13-9-16;;;;;;/h1-13H;;4*1H;/q-1;+3;;;;;+2/p-4. The predicted molar refractivity (Wildman–Crippen MR) is 108 cm³/mol. The van der Waals surface area contributed by atoms with Gasteiger partial charge in [0.1, 0.15) is 11.6 Å². The minimum Gasteiger partial charge on any atom is -1.00 e. The summed E-state index contributed by atoms with van der Waals surface area (Å²) in [6, 6.07) is 19.7. The van der Waals surface area contributed by atoms with Gasteiger partial charge in [-0.2, -0.15) is 0 Å². The van der Waals surface area contributed by atoms with Gasteiger partial charge in [0.25, 0.3) is 0 Å². The SMILES string of the molecule is [Cl-].[Cl][Al]([Cl])[Cl].[Mg+2].[O-]C(c1ccccc1)(c1ccc(F)cc1)c1ccc(F)cc1. The quantitative estimate of drug-likeness (QED) is 0.408. The van der Waals surface area contributed by atoms with Crippen molar-refractivity contribution in [3.8, 4) is 0 Å². The topological polar surface area (TPSA) is 23.1 Å². The smallest absolute Gasteiger partial charge is 1.00 e. The third-order valence-electron chi connectivity index (χ3n) is 3.68. The number of benzene rings is 3. The first-order chi connectivity index (χ1) is 12.3. The number of hydrogen-bond donors (Lipinski definition) is 0. The fourth-order valence-electron chi connectivity index (χ4n) is 2.54. The van der Waals surface area contributed by atoms with Gasteiger partial charge in [-0.3, -0.25) is 0 Å². The summed E-state index contributed by atoms with van der Waals surface area (Å²) in [6.07, 6.45) is 0. The van der Waals surface area contributed by atoms with Gasteiger partial charge in [0.2, 0.25) is 0 Å². The first kappa shape index (κ1) is 27.9. The fourth-order valence-corrected chi connectivity index (χ4v) is 2.54. The predicted octanol–water partition coefficient (Wildman–Crippen LogP) is 1.93. The Morgan fingerprint density at radius 2 is 0.929 bits per heavy atom. The molecule has 0 radical (unpaired) electrons. The Bertz CT molecular complexity index is 773. The molecule has 0 fully saturated rings. The summed E-state index contributed by atoms with van der Waals surface area (Å²) < 4.78 is 26.4. The molecule has 3 aromatic carbocycles. The summed E-state index contributed by atoms with van der Waals surface area (Å²) >= 11 is -1.72. The van der Waals surface area contributed by atoms with Crippen LogP contribution in [-0.4, -0.2) is 34.4 Å². The van der Waals surface area contributed by atoms with Crippen molar-refractivity contribution in [2.75, 3.05) is 0 Å². The van der Waals surface area contributed by atoms with Gasteiger partial charge >= 0.3 is 34.4 Å². The van der Waals surface area contributed by atoms with Crippen molar-refractivity contribution in [3.05, 3.63) is 107 Å². The monoisotopic (exact) mass is 486 g/mol. The molecule has 142 valence electrons. The Morgan fingerprint density at radius 1 is 0.643 bits per heavy atom. The molecule has 1 nitrogen and oxygen atoms in total. The van der Waals surface area contributed by atoms with E-state index in [4.69, 9.17) is 30.1 Å². The van der Waals surface area contributed by atoms with Gasteiger partial charge in [0.15, 0.2) is 0 Å². The van der Waals surface area contributed by atoms with E-state index in [2.05, 4.69) is 0 Å². The number of rotatable bonds is 3. The van der Waals surface area contributed by atoms with Crippen LogP contribution in [-0.2, 0) is 5.60 Å². The van der Waals surface area contributed by atoms with E-state index in [0.29, 0.717) is 16.7 Å². The molecular weight excluding hydrogens is 475 g/mol. The molecule has 0 amide bonds. The summed E-state index contributed by atoms with van der Waals surface area (Å²) in [5.74, 6) is -0.809. The fraction of sp³-hybridized carbons (Fsp3) is 0.0526. The normalized spacial score (nSPS) is 9.93. The minimum absolute atomic E-state index is 0. The molecule has 0 saturated heterocycles. The maximum absolute atomic E-state index is 13.7. The second-order valence-electron chi connectivity index (χ2n) is 5.31. The van der Waals surface area contributed by atoms with Crippen molar-refractivity contribution in [1.29, 1.82) is 0 Å². The van der Waals surface area contributed by atoms with Crippen molar-refractivity contribution < 1.29 is 26.3 Å². The Morgan fingerprint density at radius 3 is 1.25 bits per heavy atom. The molecule has 0 spiro atoms. The first-order valence-electron chi connectivity index (χ1n) is 7.54. The van der Waals surface area contributed by atoms with Crippen LogP contribution >= 0.6 is 30.1 Å². The van der Waals surface area contributed by atoms with Gasteiger partial charge < -0.3 is 17.5 Å². The van der Waals surface area contributed by atoms with Crippen LogP contribution in [0, 0.1) is 11.6 Å². The first-order valence-corrected chi connectivity index (χ1v) is 12.8. The molecule has 0 heterocycles. The third-order valence-corrected chi connectivity index (χ3v) is 3.68. The van der Waals surface area contributed by atoms with Gasteiger partial charge in [0, 0.05) is 0 Å². The molecular formula is C19H13AlCl4F2MgO. The number of hydrogen-bond acceptors (Lipinski definition) is 1. The van der Waals surface area contributed by atoms with Gasteiger partial charge in [-0.15, -0.1) is 0 Å². The molecule has 0 saturated carbocycles. The Labute approximate surface area is 202 Å². The minimum atomic E-state index is -1.72. The zero-order valence-electron chi connectivity index (χ0n) is 14.5. The Hall–Kier alpha value is -0.0613. The van der Waals surface area contributed by atoms with Crippen LogP contribution in [0.2, 0.25) is 0 Å². The molecule has 0 bridgehead atoms. The Balaban J connectivity index is 0.00000111. The molecule has 0 aliphatic rings. The van der Waals surface area contributed by atoms with Gasteiger partial charge in [-0.1, -0.05) is 54.6 Å². The van der Waals surface area contributed by atoms with E-state index < -0.39 is 28.6 Å². The van der Waals surface area contributed by atoms with E-state index in [1.807, 2.05) is 6.07 Å². The molecule has 0 aromatic heterocycles. The molecule has 0 aliphatic heterocycles. The van der Waals surface area contributed by atoms with E-state index in [1.54, 1.807) is 24.3 Å². The molecule has 9 heteroatoms. The van der Waals surface area contributed by atoms with Crippen molar-refractivity contribution >= 4 is 64.6 Å². The third kappa shape index (κ3) is 7.64. The molecule has 3 rings (SSSR count). The zero-order chi connectivity index (χ0) is 19.2. The van der Waals surface area contributed by atoms with Crippen LogP contribution in [0.3, 0.4) is 0 Å². The van der Waals surface area contributed by atoms with Gasteiger partial charge in [-0.25, -0.2) is 38.9 Å². The van der Waals surface area contributed by atoms with Crippen molar-refractivity contribution in [1.82, 2.24) is 0 Å². The molecule has 28 heavy (non-hydrogen) atoms. The van der Waals surface area contributed by atoms with E-state index >= 15 is 0 Å². The molecule has 0 N–H and O–H groups in total. The van der Waals surface area contributed by atoms with Crippen molar-refractivity contribution in [3.63, 3.8) is 0 Å². The van der Waals surface area contributed by atoms with Gasteiger partial charge in [0.05, 0.1) is 0 Å². The van der Waals surface area contributed by atoms with Crippen molar-refractivity contribution in [2.24, 2.45) is 0 Å². The Kier molecular flexibility index (Phi) is 13.3. The van der Waals surface area contributed by atoms with E-state index in [9.17, 15) is 13.9 Å². The maximum Gasteiger partial charge on any atom is 2.00 e. The van der Waals surface area contributed by atoms with Gasteiger partial charge in [-0.05, 0) is 46.6 Å². The second-order valence-corrected chi connectivity index (χ2v) is 11.7. The van der Waals surface area contributed by atoms with E-state index in [0.717, 1.165) is 0 Å². The zero-order valence-corrected chi connectivity index (χ0v) is 20.1. The van der Waals surface area contributed by atoms with E-state index in [-0.39, 0.29) is 35.5 Å². The summed E-state index contributed by atoms with van der Waals surface area (Å²) in [7, 11) is 14.8. The van der Waals surface area contributed by atoms with E-state index in [1.165, 1.54) is 48.5 Å². The van der Waals surface area contributed by atoms with Crippen LogP contribution in [0.25, 0.3) is 0 Å². The van der Waals surface area contributed by atoms with Crippen LogP contribution in [0.5, 0.6) is 0 Å². The molecule has 0 atom stereocenters. The second kappa shape index (κ2) is 13.3. The summed E-state index contributed by atoms with van der Waals surface area (Å²) in [5.41, 5.74) is -0.380. The summed E-state index contributed by atoms with van der Waals surface area (Å²) in [6.45, 7) is 0.